The molecule has 9 heteroatoms. The van der Waals surface area contributed by atoms with E-state index in [-0.39, 0.29) is 28.1 Å². The number of carbonyl (C=O) groups excluding carboxylic acids is 2. The summed E-state index contributed by atoms with van der Waals surface area (Å²) in [6.45, 7) is 0.658. The van der Waals surface area contributed by atoms with E-state index in [1.165, 1.54) is 30.3 Å². The Balaban J connectivity index is 1.48. The number of rotatable bonds is 9. The molecule has 3 aromatic carbocycles. The summed E-state index contributed by atoms with van der Waals surface area (Å²) in [5.74, 6) is -0.658. The van der Waals surface area contributed by atoms with Crippen molar-refractivity contribution in [1.29, 1.82) is 0 Å². The van der Waals surface area contributed by atoms with Crippen LogP contribution in [0.2, 0.25) is 0 Å². The van der Waals surface area contributed by atoms with Gasteiger partial charge in [-0.3, -0.25) is 14.3 Å². The summed E-state index contributed by atoms with van der Waals surface area (Å²) < 4.78 is 27.4. The van der Waals surface area contributed by atoms with E-state index in [2.05, 4.69) is 15.4 Å². The second-order valence-electron chi connectivity index (χ2n) is 6.92. The van der Waals surface area contributed by atoms with Gasteiger partial charge in [0.15, 0.2) is 0 Å². The lowest BCUT2D eigenvalue weighted by Crippen LogP contribution is -2.30. The molecule has 0 heterocycles. The summed E-state index contributed by atoms with van der Waals surface area (Å²) >= 11 is 0. The predicted molar refractivity (Wildman–Crippen MR) is 121 cm³/mol. The molecular weight excluding hydrogens is 430 g/mol. The molecule has 0 unspecified atom stereocenters. The van der Waals surface area contributed by atoms with Crippen molar-refractivity contribution < 1.29 is 23.1 Å². The topological polar surface area (TPSA) is 125 Å². The van der Waals surface area contributed by atoms with Crippen LogP contribution in [-0.4, -0.2) is 38.4 Å². The SMILES string of the molecule is O=C(NCCCNC(=O)c1cccc(NS(=O)(=O)c2ccccc2)c1)c1cccc(O)c1. The molecule has 0 saturated carbocycles. The first-order valence-electron chi connectivity index (χ1n) is 9.88. The van der Waals surface area contributed by atoms with Gasteiger partial charge >= 0.3 is 0 Å². The number of aromatic hydroxyl groups is 1. The average Bonchev–Trinajstić information content (AvgIpc) is 2.79. The van der Waals surface area contributed by atoms with Crippen molar-refractivity contribution in [2.24, 2.45) is 0 Å². The third kappa shape index (κ3) is 6.32. The van der Waals surface area contributed by atoms with Crippen LogP contribution in [0.5, 0.6) is 5.75 Å². The Morgan fingerprint density at radius 2 is 1.34 bits per heavy atom. The average molecular weight is 454 g/mol. The van der Waals surface area contributed by atoms with Crippen molar-refractivity contribution in [3.8, 4) is 5.75 Å². The molecule has 0 saturated heterocycles. The Hall–Kier alpha value is -3.85. The van der Waals surface area contributed by atoms with Crippen molar-refractivity contribution >= 4 is 27.5 Å². The smallest absolute Gasteiger partial charge is 0.261 e. The van der Waals surface area contributed by atoms with E-state index in [0.717, 1.165) is 0 Å². The lowest BCUT2D eigenvalue weighted by Gasteiger charge is -2.10. The van der Waals surface area contributed by atoms with Crippen LogP contribution in [0.3, 0.4) is 0 Å². The Bertz CT molecular complexity index is 1200. The van der Waals surface area contributed by atoms with Crippen LogP contribution in [0, 0.1) is 0 Å². The summed E-state index contributed by atoms with van der Waals surface area (Å²) in [7, 11) is -3.75. The van der Waals surface area contributed by atoms with Gasteiger partial charge in [0.1, 0.15) is 5.75 Å². The van der Waals surface area contributed by atoms with E-state index in [1.54, 1.807) is 48.5 Å². The Morgan fingerprint density at radius 1 is 0.750 bits per heavy atom. The minimum Gasteiger partial charge on any atom is -0.508 e. The number of amides is 2. The van der Waals surface area contributed by atoms with Crippen molar-refractivity contribution in [3.05, 3.63) is 90.0 Å². The van der Waals surface area contributed by atoms with Gasteiger partial charge in [-0.25, -0.2) is 8.42 Å². The van der Waals surface area contributed by atoms with Crippen LogP contribution >= 0.6 is 0 Å². The molecule has 0 aliphatic heterocycles. The van der Waals surface area contributed by atoms with Crippen LogP contribution in [0.4, 0.5) is 5.69 Å². The first-order valence-corrected chi connectivity index (χ1v) is 11.4. The normalized spacial score (nSPS) is 10.9. The van der Waals surface area contributed by atoms with Gasteiger partial charge in [0.25, 0.3) is 21.8 Å². The third-order valence-electron chi connectivity index (χ3n) is 4.46. The lowest BCUT2D eigenvalue weighted by molar-refractivity contribution is 0.0951. The molecule has 0 radical (unpaired) electrons. The number of anilines is 1. The monoisotopic (exact) mass is 453 g/mol. The fourth-order valence-corrected chi connectivity index (χ4v) is 3.95. The minimum absolute atomic E-state index is 0.0122. The van der Waals surface area contributed by atoms with E-state index >= 15 is 0 Å². The van der Waals surface area contributed by atoms with Crippen molar-refractivity contribution in [2.75, 3.05) is 17.8 Å². The molecule has 8 nitrogen and oxygen atoms in total. The van der Waals surface area contributed by atoms with Gasteiger partial charge in [0.2, 0.25) is 0 Å². The second kappa shape index (κ2) is 10.5. The van der Waals surface area contributed by atoms with Gasteiger partial charge in [0, 0.05) is 29.9 Å². The number of benzene rings is 3. The quantitative estimate of drug-likeness (QED) is 0.371. The van der Waals surface area contributed by atoms with Gasteiger partial charge < -0.3 is 15.7 Å². The molecule has 0 aliphatic rings. The molecule has 0 aliphatic carbocycles. The molecule has 166 valence electrons. The summed E-state index contributed by atoms with van der Waals surface area (Å²) in [6.07, 6.45) is 0.497. The van der Waals surface area contributed by atoms with Gasteiger partial charge in [-0.1, -0.05) is 30.3 Å². The van der Waals surface area contributed by atoms with Crippen molar-refractivity contribution in [2.45, 2.75) is 11.3 Å². The fraction of sp³-hybridized carbons (Fsp3) is 0.130. The van der Waals surface area contributed by atoms with Crippen LogP contribution in [0.25, 0.3) is 0 Å². The van der Waals surface area contributed by atoms with Gasteiger partial charge in [-0.05, 0) is 55.0 Å². The second-order valence-corrected chi connectivity index (χ2v) is 8.60. The summed E-state index contributed by atoms with van der Waals surface area (Å²) in [6, 6.07) is 20.2. The molecule has 32 heavy (non-hydrogen) atoms. The molecule has 0 spiro atoms. The number of carbonyl (C=O) groups is 2. The maximum absolute atomic E-state index is 12.4. The van der Waals surface area contributed by atoms with Crippen LogP contribution < -0.4 is 15.4 Å². The van der Waals surface area contributed by atoms with Gasteiger partial charge in [-0.2, -0.15) is 0 Å². The third-order valence-corrected chi connectivity index (χ3v) is 5.86. The van der Waals surface area contributed by atoms with Crippen LogP contribution in [-0.2, 0) is 10.0 Å². The highest BCUT2D eigenvalue weighted by Crippen LogP contribution is 2.17. The molecule has 0 atom stereocenters. The van der Waals surface area contributed by atoms with E-state index < -0.39 is 10.0 Å². The van der Waals surface area contributed by atoms with Gasteiger partial charge in [0.05, 0.1) is 4.90 Å². The predicted octanol–water partition coefficient (Wildman–Crippen LogP) is 2.74. The number of hydrogen-bond acceptors (Lipinski definition) is 5. The number of sulfonamides is 1. The maximum Gasteiger partial charge on any atom is 0.261 e. The zero-order chi connectivity index (χ0) is 23.0. The fourth-order valence-electron chi connectivity index (χ4n) is 2.88. The zero-order valence-corrected chi connectivity index (χ0v) is 17.9. The van der Waals surface area contributed by atoms with E-state index in [0.29, 0.717) is 30.6 Å². The highest BCUT2D eigenvalue weighted by atomic mass is 32.2. The molecule has 3 rings (SSSR count). The van der Waals surface area contributed by atoms with Crippen molar-refractivity contribution in [3.63, 3.8) is 0 Å². The summed E-state index contributed by atoms with van der Waals surface area (Å²) in [4.78, 5) is 24.5. The first-order chi connectivity index (χ1) is 15.3. The Kier molecular flexibility index (Phi) is 7.45. The lowest BCUT2D eigenvalue weighted by atomic mass is 10.2. The molecule has 2 amide bonds. The van der Waals surface area contributed by atoms with E-state index in [9.17, 15) is 23.1 Å². The summed E-state index contributed by atoms with van der Waals surface area (Å²) in [5.41, 5.74) is 0.936. The molecule has 0 aromatic heterocycles. The summed E-state index contributed by atoms with van der Waals surface area (Å²) in [5, 5.41) is 14.9. The minimum atomic E-state index is -3.75. The van der Waals surface area contributed by atoms with Crippen molar-refractivity contribution in [1.82, 2.24) is 10.6 Å². The van der Waals surface area contributed by atoms with E-state index in [1.807, 2.05) is 0 Å². The largest absolute Gasteiger partial charge is 0.508 e. The standard InChI is InChI=1S/C23H23N3O5S/c27-20-10-5-8-18(16-20)23(29)25-14-6-13-24-22(28)17-7-4-9-19(15-17)26-32(30,31)21-11-2-1-3-12-21/h1-5,7-12,15-16,26-27H,6,13-14H2,(H,24,28)(H,25,29). The zero-order valence-electron chi connectivity index (χ0n) is 17.1. The highest BCUT2D eigenvalue weighted by molar-refractivity contribution is 7.92. The van der Waals surface area contributed by atoms with Crippen LogP contribution in [0.15, 0.2) is 83.8 Å². The first kappa shape index (κ1) is 22.8. The Labute approximate surface area is 186 Å². The molecule has 4 N–H and O–H groups in total. The van der Waals surface area contributed by atoms with Crippen LogP contribution in [0.1, 0.15) is 27.1 Å². The molecule has 0 bridgehead atoms. The van der Waals surface area contributed by atoms with E-state index in [4.69, 9.17) is 0 Å². The Morgan fingerprint density at radius 3 is 1.97 bits per heavy atom. The number of nitrogens with one attached hydrogen (secondary N) is 3. The number of phenolic OH excluding ortho intramolecular Hbond substituents is 1. The molecule has 0 fully saturated rings. The number of phenols is 1. The van der Waals surface area contributed by atoms with Gasteiger partial charge in [-0.15, -0.1) is 0 Å². The molecule has 3 aromatic rings. The number of hydrogen-bond donors (Lipinski definition) is 4. The maximum atomic E-state index is 12.4. The highest BCUT2D eigenvalue weighted by Gasteiger charge is 2.14. The molecular formula is C23H23N3O5S.